The molecule has 0 spiro atoms. The molecule has 3 heteroatoms. The lowest BCUT2D eigenvalue weighted by atomic mass is 10.0. The van der Waals surface area contributed by atoms with Crippen molar-refractivity contribution in [2.75, 3.05) is 0 Å². The summed E-state index contributed by atoms with van der Waals surface area (Å²) >= 11 is 0. The normalized spacial score (nSPS) is 17.2. The third-order valence-electron chi connectivity index (χ3n) is 2.45. The van der Waals surface area contributed by atoms with Gasteiger partial charge in [0.05, 0.1) is 0 Å². The van der Waals surface area contributed by atoms with Crippen molar-refractivity contribution in [1.82, 2.24) is 5.32 Å². The molecule has 0 atom stereocenters. The number of carbonyl (C=O) groups is 1. The van der Waals surface area contributed by atoms with Crippen molar-refractivity contribution in [3.63, 3.8) is 0 Å². The van der Waals surface area contributed by atoms with E-state index in [9.17, 15) is 4.79 Å². The lowest BCUT2D eigenvalue weighted by Crippen LogP contribution is -2.17. The van der Waals surface area contributed by atoms with Crippen LogP contribution < -0.4 is 5.32 Å². The fraction of sp³-hybridized carbons (Fsp3) is 0.778. The molecule has 1 fully saturated rings. The van der Waals surface area contributed by atoms with Crippen molar-refractivity contribution in [2.24, 2.45) is 5.92 Å². The standard InChI is InChI=1S/C9H14N2O/c10-7-11-9(12)6-5-8-3-1-2-4-8/h8H,1-6H2,(H,11,12). The molecule has 66 valence electrons. The van der Waals surface area contributed by atoms with E-state index in [4.69, 9.17) is 5.26 Å². The summed E-state index contributed by atoms with van der Waals surface area (Å²) in [6, 6.07) is 0. The molecule has 1 aliphatic rings. The molecule has 0 saturated heterocycles. The van der Waals surface area contributed by atoms with E-state index in [1.54, 1.807) is 6.19 Å². The molecule has 3 nitrogen and oxygen atoms in total. The fourth-order valence-corrected chi connectivity index (χ4v) is 1.76. The van der Waals surface area contributed by atoms with Crippen LogP contribution in [0, 0.1) is 17.4 Å². The number of carbonyl (C=O) groups excluding carboxylic acids is 1. The van der Waals surface area contributed by atoms with Gasteiger partial charge in [0, 0.05) is 6.42 Å². The van der Waals surface area contributed by atoms with Crippen molar-refractivity contribution in [3.05, 3.63) is 0 Å². The van der Waals surface area contributed by atoms with Crippen LogP contribution in [0.2, 0.25) is 0 Å². The maximum Gasteiger partial charge on any atom is 0.232 e. The van der Waals surface area contributed by atoms with E-state index in [2.05, 4.69) is 5.32 Å². The Morgan fingerprint density at radius 1 is 1.50 bits per heavy atom. The second-order valence-corrected chi connectivity index (χ2v) is 3.35. The van der Waals surface area contributed by atoms with Gasteiger partial charge in [0.15, 0.2) is 6.19 Å². The molecule has 0 unspecified atom stereocenters. The van der Waals surface area contributed by atoms with Gasteiger partial charge in [0.1, 0.15) is 0 Å². The molecule has 1 amide bonds. The van der Waals surface area contributed by atoms with Gasteiger partial charge in [-0.25, -0.2) is 0 Å². The van der Waals surface area contributed by atoms with Crippen molar-refractivity contribution in [2.45, 2.75) is 38.5 Å². The SMILES string of the molecule is N#CNC(=O)CCC1CCCC1. The van der Waals surface area contributed by atoms with E-state index in [0.717, 1.165) is 12.3 Å². The van der Waals surface area contributed by atoms with Gasteiger partial charge in [-0.15, -0.1) is 0 Å². The van der Waals surface area contributed by atoms with Gasteiger partial charge in [-0.05, 0) is 12.3 Å². The summed E-state index contributed by atoms with van der Waals surface area (Å²) in [5.41, 5.74) is 0. The van der Waals surface area contributed by atoms with Gasteiger partial charge in [0.25, 0.3) is 0 Å². The molecule has 0 bridgehead atoms. The third-order valence-corrected chi connectivity index (χ3v) is 2.45. The van der Waals surface area contributed by atoms with Crippen molar-refractivity contribution in [1.29, 1.82) is 5.26 Å². The van der Waals surface area contributed by atoms with Crippen LogP contribution in [0.3, 0.4) is 0 Å². The average molecular weight is 166 g/mol. The van der Waals surface area contributed by atoms with E-state index < -0.39 is 0 Å². The summed E-state index contributed by atoms with van der Waals surface area (Å²) in [4.78, 5) is 10.9. The summed E-state index contributed by atoms with van der Waals surface area (Å²) in [5, 5.41) is 10.3. The highest BCUT2D eigenvalue weighted by Crippen LogP contribution is 2.28. The van der Waals surface area contributed by atoms with Gasteiger partial charge in [-0.2, -0.15) is 5.26 Å². The summed E-state index contributed by atoms with van der Waals surface area (Å²) in [5.74, 6) is 0.596. The van der Waals surface area contributed by atoms with Crippen LogP contribution in [-0.4, -0.2) is 5.91 Å². The molecule has 0 heterocycles. The molecule has 0 aromatic carbocycles. The Bertz CT molecular complexity index is 189. The van der Waals surface area contributed by atoms with Crippen molar-refractivity contribution in [3.8, 4) is 6.19 Å². The first-order valence-electron chi connectivity index (χ1n) is 4.51. The Hall–Kier alpha value is -1.04. The number of hydrogen-bond acceptors (Lipinski definition) is 2. The van der Waals surface area contributed by atoms with Crippen LogP contribution in [0.1, 0.15) is 38.5 Å². The lowest BCUT2D eigenvalue weighted by molar-refractivity contribution is -0.120. The molecular formula is C9H14N2O. The van der Waals surface area contributed by atoms with Gasteiger partial charge < -0.3 is 0 Å². The minimum Gasteiger partial charge on any atom is -0.274 e. The van der Waals surface area contributed by atoms with Crippen LogP contribution in [0.25, 0.3) is 0 Å². The Morgan fingerprint density at radius 2 is 2.17 bits per heavy atom. The molecule has 0 aromatic rings. The number of nitrogens with one attached hydrogen (secondary N) is 1. The minimum absolute atomic E-state index is 0.135. The molecule has 12 heavy (non-hydrogen) atoms. The summed E-state index contributed by atoms with van der Waals surface area (Å²) in [6.07, 6.45) is 8.25. The van der Waals surface area contributed by atoms with E-state index in [1.165, 1.54) is 25.7 Å². The first-order chi connectivity index (χ1) is 5.83. The highest BCUT2D eigenvalue weighted by atomic mass is 16.1. The van der Waals surface area contributed by atoms with Crippen LogP contribution in [0.5, 0.6) is 0 Å². The number of amides is 1. The highest BCUT2D eigenvalue weighted by molar-refractivity contribution is 5.77. The predicted molar refractivity (Wildman–Crippen MR) is 44.9 cm³/mol. The lowest BCUT2D eigenvalue weighted by Gasteiger charge is -2.05. The molecule has 0 aliphatic heterocycles. The smallest absolute Gasteiger partial charge is 0.232 e. The Kier molecular flexibility index (Phi) is 3.59. The monoisotopic (exact) mass is 166 g/mol. The van der Waals surface area contributed by atoms with Gasteiger partial charge in [0.2, 0.25) is 5.91 Å². The van der Waals surface area contributed by atoms with Crippen molar-refractivity contribution < 1.29 is 4.79 Å². The zero-order valence-electron chi connectivity index (χ0n) is 7.18. The average Bonchev–Trinajstić information content (AvgIpc) is 2.53. The van der Waals surface area contributed by atoms with E-state index in [-0.39, 0.29) is 5.91 Å². The summed E-state index contributed by atoms with van der Waals surface area (Å²) in [7, 11) is 0. The van der Waals surface area contributed by atoms with Crippen LogP contribution in [0.15, 0.2) is 0 Å². The Balaban J connectivity index is 2.08. The van der Waals surface area contributed by atoms with Crippen molar-refractivity contribution >= 4 is 5.91 Å². The topological polar surface area (TPSA) is 52.9 Å². The van der Waals surface area contributed by atoms with Gasteiger partial charge in [-0.3, -0.25) is 10.1 Å². The molecule has 1 saturated carbocycles. The molecule has 1 rings (SSSR count). The number of hydrogen-bond donors (Lipinski definition) is 1. The maximum absolute atomic E-state index is 10.9. The second-order valence-electron chi connectivity index (χ2n) is 3.35. The largest absolute Gasteiger partial charge is 0.274 e. The molecule has 1 N–H and O–H groups in total. The summed E-state index contributed by atoms with van der Waals surface area (Å²) < 4.78 is 0. The van der Waals surface area contributed by atoms with Crippen LogP contribution in [-0.2, 0) is 4.79 Å². The van der Waals surface area contributed by atoms with Gasteiger partial charge >= 0.3 is 0 Å². The number of nitriles is 1. The molecule has 1 aliphatic carbocycles. The Morgan fingerprint density at radius 3 is 2.75 bits per heavy atom. The third kappa shape index (κ3) is 2.91. The number of rotatable bonds is 3. The molecular weight excluding hydrogens is 152 g/mol. The molecule has 0 radical (unpaired) electrons. The van der Waals surface area contributed by atoms with E-state index >= 15 is 0 Å². The summed E-state index contributed by atoms with van der Waals surface area (Å²) in [6.45, 7) is 0. The maximum atomic E-state index is 10.9. The fourth-order valence-electron chi connectivity index (χ4n) is 1.76. The highest BCUT2D eigenvalue weighted by Gasteiger charge is 2.15. The van der Waals surface area contributed by atoms with E-state index in [1.807, 2.05) is 0 Å². The zero-order chi connectivity index (χ0) is 8.81. The molecule has 0 aromatic heterocycles. The Labute approximate surface area is 72.8 Å². The number of nitrogens with zero attached hydrogens (tertiary/aromatic N) is 1. The first kappa shape index (κ1) is 9.05. The van der Waals surface area contributed by atoms with E-state index in [0.29, 0.717) is 6.42 Å². The van der Waals surface area contributed by atoms with Gasteiger partial charge in [-0.1, -0.05) is 25.7 Å². The first-order valence-corrected chi connectivity index (χ1v) is 4.51. The predicted octanol–water partition coefficient (Wildman–Crippen LogP) is 1.55. The van der Waals surface area contributed by atoms with Crippen LogP contribution >= 0.6 is 0 Å². The quantitative estimate of drug-likeness (QED) is 0.511. The minimum atomic E-state index is -0.135. The second kappa shape index (κ2) is 4.76. The zero-order valence-corrected chi connectivity index (χ0v) is 7.18. The van der Waals surface area contributed by atoms with Crippen LogP contribution in [0.4, 0.5) is 0 Å².